The Balaban J connectivity index is 0.00000264. The molecule has 2 rings (SSSR count). The molecule has 0 bridgehead atoms. The fourth-order valence-corrected chi connectivity index (χ4v) is 2.51. The largest absolute Gasteiger partial charge is 0.466 e. The lowest BCUT2D eigenvalue weighted by Crippen LogP contribution is -2.50. The molecule has 0 radical (unpaired) electrons. The average Bonchev–Trinajstić information content (AvgIpc) is 2.45. The zero-order chi connectivity index (χ0) is 15.9. The standard InChI is InChI=1S/C17H24N2O3.ClH/c1-3-22-16(20)9-15(13-7-5-4-6-8-13)19-17(21)12(2)14-10-18-11-14;/h4-8,12,14-15,18H,3,9-11H2,1-2H3,(H,19,21);1H. The predicted molar refractivity (Wildman–Crippen MR) is 91.3 cm³/mol. The third-order valence-corrected chi connectivity index (χ3v) is 4.13. The van der Waals surface area contributed by atoms with Gasteiger partial charge in [0.25, 0.3) is 0 Å². The van der Waals surface area contributed by atoms with E-state index in [2.05, 4.69) is 10.6 Å². The molecule has 23 heavy (non-hydrogen) atoms. The number of carbonyl (C=O) groups excluding carboxylic acids is 2. The minimum absolute atomic E-state index is 0. The number of rotatable bonds is 7. The van der Waals surface area contributed by atoms with E-state index in [0.717, 1.165) is 18.7 Å². The van der Waals surface area contributed by atoms with Gasteiger partial charge in [0, 0.05) is 5.92 Å². The van der Waals surface area contributed by atoms with Crippen molar-refractivity contribution < 1.29 is 14.3 Å². The van der Waals surface area contributed by atoms with Crippen molar-refractivity contribution in [3.63, 3.8) is 0 Å². The Hall–Kier alpha value is -1.59. The van der Waals surface area contributed by atoms with Gasteiger partial charge in [0.2, 0.25) is 5.91 Å². The maximum absolute atomic E-state index is 12.4. The highest BCUT2D eigenvalue weighted by Gasteiger charge is 2.30. The van der Waals surface area contributed by atoms with Crippen molar-refractivity contribution in [2.75, 3.05) is 19.7 Å². The number of hydrogen-bond acceptors (Lipinski definition) is 4. The number of amides is 1. The zero-order valence-corrected chi connectivity index (χ0v) is 14.4. The number of esters is 1. The van der Waals surface area contributed by atoms with Crippen LogP contribution in [0.15, 0.2) is 30.3 Å². The molecule has 2 unspecified atom stereocenters. The van der Waals surface area contributed by atoms with E-state index >= 15 is 0 Å². The van der Waals surface area contributed by atoms with E-state index in [-0.39, 0.29) is 42.7 Å². The van der Waals surface area contributed by atoms with Crippen LogP contribution >= 0.6 is 12.4 Å². The first-order valence-corrected chi connectivity index (χ1v) is 7.83. The Kier molecular flexibility index (Phi) is 8.06. The third kappa shape index (κ3) is 5.52. The Bertz CT molecular complexity index is 506. The number of benzene rings is 1. The van der Waals surface area contributed by atoms with E-state index in [1.54, 1.807) is 6.92 Å². The highest BCUT2D eigenvalue weighted by Crippen LogP contribution is 2.21. The van der Waals surface area contributed by atoms with Gasteiger partial charge in [-0.05, 0) is 31.5 Å². The molecule has 1 aromatic carbocycles. The SMILES string of the molecule is CCOC(=O)CC(NC(=O)C(C)C1CNC1)c1ccccc1.Cl. The third-order valence-electron chi connectivity index (χ3n) is 4.13. The van der Waals surface area contributed by atoms with Crippen LogP contribution in [0.5, 0.6) is 0 Å². The molecular weight excluding hydrogens is 316 g/mol. The van der Waals surface area contributed by atoms with Crippen molar-refractivity contribution in [1.82, 2.24) is 10.6 Å². The molecule has 1 aliphatic rings. The summed E-state index contributed by atoms with van der Waals surface area (Å²) in [5.41, 5.74) is 0.919. The highest BCUT2D eigenvalue weighted by atomic mass is 35.5. The molecule has 0 aliphatic carbocycles. The van der Waals surface area contributed by atoms with Gasteiger partial charge >= 0.3 is 5.97 Å². The summed E-state index contributed by atoms with van der Waals surface area (Å²) in [6.45, 7) is 5.82. The fourth-order valence-electron chi connectivity index (χ4n) is 2.51. The molecule has 1 aliphatic heterocycles. The van der Waals surface area contributed by atoms with E-state index in [0.29, 0.717) is 12.5 Å². The normalized spacial score (nSPS) is 16.4. The van der Waals surface area contributed by atoms with E-state index in [1.165, 1.54) is 0 Å². The minimum Gasteiger partial charge on any atom is -0.466 e. The smallest absolute Gasteiger partial charge is 0.308 e. The summed E-state index contributed by atoms with van der Waals surface area (Å²) in [5.74, 6) is 0.00735. The van der Waals surface area contributed by atoms with Gasteiger partial charge in [-0.3, -0.25) is 9.59 Å². The average molecular weight is 341 g/mol. The molecule has 2 N–H and O–H groups in total. The molecule has 5 nitrogen and oxygen atoms in total. The van der Waals surface area contributed by atoms with Crippen molar-refractivity contribution in [3.8, 4) is 0 Å². The summed E-state index contributed by atoms with van der Waals surface area (Å²) in [7, 11) is 0. The van der Waals surface area contributed by atoms with Gasteiger partial charge in [-0.15, -0.1) is 12.4 Å². The van der Waals surface area contributed by atoms with E-state index < -0.39 is 0 Å². The van der Waals surface area contributed by atoms with E-state index in [1.807, 2.05) is 37.3 Å². The topological polar surface area (TPSA) is 67.4 Å². The van der Waals surface area contributed by atoms with Gasteiger partial charge in [0.05, 0.1) is 19.1 Å². The zero-order valence-electron chi connectivity index (χ0n) is 13.6. The molecule has 1 saturated heterocycles. The first-order valence-electron chi connectivity index (χ1n) is 7.83. The molecule has 0 aromatic heterocycles. The maximum Gasteiger partial charge on any atom is 0.308 e. The number of nitrogens with one attached hydrogen (secondary N) is 2. The van der Waals surface area contributed by atoms with Gasteiger partial charge in [-0.1, -0.05) is 37.3 Å². The molecule has 1 amide bonds. The summed E-state index contributed by atoms with van der Waals surface area (Å²) in [4.78, 5) is 24.2. The van der Waals surface area contributed by atoms with Gasteiger partial charge in [0.15, 0.2) is 0 Å². The number of carbonyl (C=O) groups is 2. The summed E-state index contributed by atoms with van der Waals surface area (Å²) >= 11 is 0. The summed E-state index contributed by atoms with van der Waals surface area (Å²) in [6.07, 6.45) is 0.152. The van der Waals surface area contributed by atoms with E-state index in [9.17, 15) is 9.59 Å². The Morgan fingerprint density at radius 2 is 1.96 bits per heavy atom. The lowest BCUT2D eigenvalue weighted by Gasteiger charge is -2.32. The van der Waals surface area contributed by atoms with Gasteiger partial charge in [0.1, 0.15) is 0 Å². The van der Waals surface area contributed by atoms with Crippen LogP contribution in [0.25, 0.3) is 0 Å². The van der Waals surface area contributed by atoms with Crippen molar-refractivity contribution in [2.24, 2.45) is 11.8 Å². The molecule has 1 fully saturated rings. The number of hydrogen-bond donors (Lipinski definition) is 2. The van der Waals surface area contributed by atoms with Gasteiger partial charge in [-0.2, -0.15) is 0 Å². The Labute approximate surface area is 143 Å². The first kappa shape index (κ1) is 19.5. The summed E-state index contributed by atoms with van der Waals surface area (Å²) in [5, 5.41) is 6.18. The quantitative estimate of drug-likeness (QED) is 0.746. The second-order valence-electron chi connectivity index (χ2n) is 5.69. The molecule has 0 saturated carbocycles. The minimum atomic E-state index is -0.344. The van der Waals surface area contributed by atoms with Crippen molar-refractivity contribution in [1.29, 1.82) is 0 Å². The first-order chi connectivity index (χ1) is 10.6. The van der Waals surface area contributed by atoms with Crippen LogP contribution in [-0.4, -0.2) is 31.6 Å². The summed E-state index contributed by atoms with van der Waals surface area (Å²) < 4.78 is 5.02. The highest BCUT2D eigenvalue weighted by molar-refractivity contribution is 5.85. The molecule has 2 atom stereocenters. The van der Waals surface area contributed by atoms with Crippen LogP contribution in [0.1, 0.15) is 31.9 Å². The van der Waals surface area contributed by atoms with Crippen LogP contribution in [0, 0.1) is 11.8 Å². The second-order valence-corrected chi connectivity index (χ2v) is 5.69. The number of halogens is 1. The lowest BCUT2D eigenvalue weighted by molar-refractivity contribution is -0.144. The van der Waals surface area contributed by atoms with Crippen LogP contribution in [-0.2, 0) is 14.3 Å². The van der Waals surface area contributed by atoms with Crippen LogP contribution in [0.2, 0.25) is 0 Å². The molecule has 6 heteroatoms. The van der Waals surface area contributed by atoms with Crippen LogP contribution in [0.4, 0.5) is 0 Å². The number of ether oxygens (including phenoxy) is 1. The van der Waals surface area contributed by atoms with Crippen molar-refractivity contribution >= 4 is 24.3 Å². The van der Waals surface area contributed by atoms with Gasteiger partial charge < -0.3 is 15.4 Å². The lowest BCUT2D eigenvalue weighted by atomic mass is 9.88. The fraction of sp³-hybridized carbons (Fsp3) is 0.529. The molecule has 128 valence electrons. The molecular formula is C17H25ClN2O3. The van der Waals surface area contributed by atoms with E-state index in [4.69, 9.17) is 4.74 Å². The van der Waals surface area contributed by atoms with Gasteiger partial charge in [-0.25, -0.2) is 0 Å². The molecule has 1 aromatic rings. The monoisotopic (exact) mass is 340 g/mol. The second kappa shape index (κ2) is 9.53. The van der Waals surface area contributed by atoms with Crippen LogP contribution < -0.4 is 10.6 Å². The maximum atomic E-state index is 12.4. The molecule has 0 spiro atoms. The predicted octanol–water partition coefficient (Wildman–Crippen LogP) is 2.07. The summed E-state index contributed by atoms with van der Waals surface area (Å²) in [6, 6.07) is 9.20. The Morgan fingerprint density at radius 1 is 1.30 bits per heavy atom. The van der Waals surface area contributed by atoms with Crippen molar-refractivity contribution in [3.05, 3.63) is 35.9 Å². The van der Waals surface area contributed by atoms with Crippen LogP contribution in [0.3, 0.4) is 0 Å². The Morgan fingerprint density at radius 3 is 2.48 bits per heavy atom. The van der Waals surface area contributed by atoms with Crippen molar-refractivity contribution in [2.45, 2.75) is 26.3 Å². The molecule has 1 heterocycles.